The van der Waals surface area contributed by atoms with E-state index in [2.05, 4.69) is 42.0 Å². The summed E-state index contributed by atoms with van der Waals surface area (Å²) < 4.78 is 22.5. The molecule has 0 aromatic carbocycles. The number of rotatable bonds is 58. The summed E-state index contributed by atoms with van der Waals surface area (Å²) in [7, 11) is 0. The highest BCUT2D eigenvalue weighted by Crippen LogP contribution is 2.19. The number of nitrogens with one attached hydrogen (secondary N) is 4. The van der Waals surface area contributed by atoms with Gasteiger partial charge in [0.15, 0.2) is 0 Å². The van der Waals surface area contributed by atoms with Gasteiger partial charge in [-0.15, -0.1) is 0 Å². The number of hydrogen-bond acceptors (Lipinski definition) is 13. The average molecular weight is 1240 g/mol. The highest BCUT2D eigenvalue weighted by molar-refractivity contribution is 7.99. The van der Waals surface area contributed by atoms with Crippen molar-refractivity contribution in [2.45, 2.75) is 361 Å². The first-order chi connectivity index (χ1) is 41.2. The van der Waals surface area contributed by atoms with Gasteiger partial charge in [0.2, 0.25) is 23.6 Å². The second kappa shape index (κ2) is 55.2. The molecule has 0 rings (SSSR count). The third kappa shape index (κ3) is 55.4. The summed E-state index contributed by atoms with van der Waals surface area (Å²) in [6.07, 6.45) is 43.1. The molecule has 3 atom stereocenters. The Bertz CT molecular complexity index is 1770. The maximum Gasteiger partial charge on any atom is 0.329 e. The molecule has 4 amide bonds. The van der Waals surface area contributed by atoms with Gasteiger partial charge in [0.25, 0.3) is 0 Å². The molecule has 0 spiro atoms. The summed E-state index contributed by atoms with van der Waals surface area (Å²) in [5, 5.41) is 10.4. The molecule has 0 radical (unpaired) electrons. The number of amides is 4. The topological polar surface area (TPSA) is 222 Å². The number of ether oxygens (including phenoxy) is 4. The van der Waals surface area contributed by atoms with Crippen LogP contribution >= 0.6 is 11.8 Å². The second-order valence-corrected chi connectivity index (χ2v) is 27.1. The van der Waals surface area contributed by atoms with Crippen LogP contribution in [0.3, 0.4) is 0 Å². The van der Waals surface area contributed by atoms with E-state index in [1.807, 2.05) is 0 Å². The summed E-state index contributed by atoms with van der Waals surface area (Å²) in [5.74, 6) is -4.14. The average Bonchev–Trinajstić information content (AvgIpc) is 3.67. The van der Waals surface area contributed by atoms with Gasteiger partial charge >= 0.3 is 23.9 Å². The van der Waals surface area contributed by atoms with Gasteiger partial charge in [-0.05, 0) is 67.2 Å². The van der Waals surface area contributed by atoms with E-state index >= 15 is 0 Å². The van der Waals surface area contributed by atoms with E-state index in [0.717, 1.165) is 64.2 Å². The molecule has 502 valence electrons. The summed E-state index contributed by atoms with van der Waals surface area (Å²) in [6, 6.07) is -2.28. The van der Waals surface area contributed by atoms with Gasteiger partial charge in [0.1, 0.15) is 36.0 Å². The zero-order valence-corrected chi connectivity index (χ0v) is 57.1. The zero-order valence-electron chi connectivity index (χ0n) is 56.3. The summed E-state index contributed by atoms with van der Waals surface area (Å²) >= 11 is 1.27. The van der Waals surface area contributed by atoms with Crippen LogP contribution in [0.25, 0.3) is 0 Å². The molecule has 0 bridgehead atoms. The molecule has 0 saturated carbocycles. The molecule has 17 heteroatoms. The van der Waals surface area contributed by atoms with Crippen molar-refractivity contribution in [1.82, 2.24) is 21.3 Å². The Morgan fingerprint density at radius 1 is 0.372 bits per heavy atom. The Morgan fingerprint density at radius 3 is 1.16 bits per heavy atom. The second-order valence-electron chi connectivity index (χ2n) is 26.0. The standard InChI is InChI=1S/C69H128N4O12S/c1-10-13-16-19-22-25-28-30-33-36-39-42-45-48-63(77)82-54-57(83-64(78)49-46-43-40-37-34-31-29-26-23-20-17-14-11-2)55-86-56-59(73-60(74)47-44-41-38-35-32-27-24-21-18-15-12-3)66(80)71-52-61(75)70-53-62(76)72-58(67(81)85-69(7,8)9)50-51-65(79)84-68(4,5)6/h57-59H,10-56H2,1-9H3,(H,70,75)(H,71,80)(H,72,76)(H,73,74)/t57-,58+,59+/m1/s1. The minimum Gasteiger partial charge on any atom is -0.462 e. The van der Waals surface area contributed by atoms with Crippen LogP contribution in [-0.4, -0.2) is 108 Å². The first-order valence-corrected chi connectivity index (χ1v) is 35.9. The first kappa shape index (κ1) is 82.1. The van der Waals surface area contributed by atoms with Crippen LogP contribution in [-0.2, 0) is 57.3 Å². The van der Waals surface area contributed by atoms with E-state index in [-0.39, 0.29) is 68.1 Å². The van der Waals surface area contributed by atoms with Crippen LogP contribution in [0.4, 0.5) is 0 Å². The van der Waals surface area contributed by atoms with Crippen molar-refractivity contribution < 1.29 is 57.3 Å². The van der Waals surface area contributed by atoms with Crippen LogP contribution in [0, 0.1) is 0 Å². The number of carbonyl (C=O) groups excluding carboxylic acids is 8. The molecule has 0 fully saturated rings. The fourth-order valence-electron chi connectivity index (χ4n) is 9.96. The quantitative estimate of drug-likeness (QED) is 0.0253. The summed E-state index contributed by atoms with van der Waals surface area (Å²) in [6.45, 7) is 15.7. The van der Waals surface area contributed by atoms with Crippen molar-refractivity contribution >= 4 is 59.3 Å². The molecule has 16 nitrogen and oxygen atoms in total. The van der Waals surface area contributed by atoms with Gasteiger partial charge in [0.05, 0.1) is 13.1 Å². The summed E-state index contributed by atoms with van der Waals surface area (Å²) in [5.41, 5.74) is -1.62. The van der Waals surface area contributed by atoms with E-state index in [1.165, 1.54) is 172 Å². The Labute approximate surface area is 528 Å². The van der Waals surface area contributed by atoms with Gasteiger partial charge in [-0.25, -0.2) is 4.79 Å². The molecular weight excluding hydrogens is 1110 g/mol. The lowest BCUT2D eigenvalue weighted by Crippen LogP contribution is -2.51. The molecule has 0 aromatic rings. The third-order valence-electron chi connectivity index (χ3n) is 14.9. The monoisotopic (exact) mass is 1240 g/mol. The molecule has 0 saturated heterocycles. The molecule has 86 heavy (non-hydrogen) atoms. The zero-order chi connectivity index (χ0) is 63.9. The fourth-order valence-corrected chi connectivity index (χ4v) is 11.0. The molecule has 0 unspecified atom stereocenters. The Morgan fingerprint density at radius 2 is 0.744 bits per heavy atom. The number of esters is 4. The van der Waals surface area contributed by atoms with Crippen LogP contribution in [0.1, 0.15) is 332 Å². The van der Waals surface area contributed by atoms with Crippen molar-refractivity contribution in [3.8, 4) is 0 Å². The molecule has 0 heterocycles. The van der Waals surface area contributed by atoms with Gasteiger partial charge in [0, 0.05) is 37.2 Å². The van der Waals surface area contributed by atoms with Gasteiger partial charge < -0.3 is 40.2 Å². The van der Waals surface area contributed by atoms with Crippen LogP contribution in [0.2, 0.25) is 0 Å². The Kier molecular flexibility index (Phi) is 52.7. The molecule has 0 aliphatic rings. The van der Waals surface area contributed by atoms with Crippen LogP contribution in [0.15, 0.2) is 0 Å². The lowest BCUT2D eigenvalue weighted by Gasteiger charge is -2.25. The first-order valence-electron chi connectivity index (χ1n) is 34.7. The largest absolute Gasteiger partial charge is 0.462 e. The predicted molar refractivity (Wildman–Crippen MR) is 351 cm³/mol. The Balaban J connectivity index is 5.76. The van der Waals surface area contributed by atoms with E-state index < -0.39 is 72.1 Å². The molecular formula is C69H128N4O12S. The molecule has 4 N–H and O–H groups in total. The SMILES string of the molecule is CCCCCCCCCCCCCCCC(=O)OC[C@H](CSC[C@H](NC(=O)CCCCCCCCCCCCC)C(=O)NCC(=O)NCC(=O)N[C@@H](CCC(=O)OC(C)(C)C)C(=O)OC(C)(C)C)OC(=O)CCCCCCCCCCCCCCC. The lowest BCUT2D eigenvalue weighted by atomic mass is 10.0. The van der Waals surface area contributed by atoms with Gasteiger partial charge in [-0.3, -0.25) is 33.6 Å². The Hall–Kier alpha value is -3.89. The van der Waals surface area contributed by atoms with E-state index in [4.69, 9.17) is 18.9 Å². The molecule has 0 aliphatic heterocycles. The van der Waals surface area contributed by atoms with Crippen molar-refractivity contribution in [3.63, 3.8) is 0 Å². The van der Waals surface area contributed by atoms with Gasteiger partial charge in [-0.1, -0.05) is 239 Å². The highest BCUT2D eigenvalue weighted by atomic mass is 32.2. The predicted octanol–water partition coefficient (Wildman–Crippen LogP) is 15.5. The number of hydrogen-bond donors (Lipinski definition) is 4. The minimum atomic E-state index is -1.20. The normalized spacial score (nSPS) is 12.6. The van der Waals surface area contributed by atoms with Crippen LogP contribution in [0.5, 0.6) is 0 Å². The molecule has 0 aromatic heterocycles. The minimum absolute atomic E-state index is 0.0645. The van der Waals surface area contributed by atoms with Crippen molar-refractivity contribution in [2.24, 2.45) is 0 Å². The van der Waals surface area contributed by atoms with E-state index in [0.29, 0.717) is 12.8 Å². The third-order valence-corrected chi connectivity index (χ3v) is 16.1. The number of thioether (sulfide) groups is 1. The lowest BCUT2D eigenvalue weighted by molar-refractivity contribution is -0.160. The fraction of sp³-hybridized carbons (Fsp3) is 0.884. The molecule has 0 aliphatic carbocycles. The van der Waals surface area contributed by atoms with Crippen molar-refractivity contribution in [2.75, 3.05) is 31.2 Å². The maximum absolute atomic E-state index is 13.8. The summed E-state index contributed by atoms with van der Waals surface area (Å²) in [4.78, 5) is 105. The highest BCUT2D eigenvalue weighted by Gasteiger charge is 2.29. The number of unbranched alkanes of at least 4 members (excludes halogenated alkanes) is 34. The smallest absolute Gasteiger partial charge is 0.329 e. The van der Waals surface area contributed by atoms with Gasteiger partial charge in [-0.2, -0.15) is 11.8 Å². The van der Waals surface area contributed by atoms with Crippen molar-refractivity contribution in [1.29, 1.82) is 0 Å². The number of carbonyl (C=O) groups is 8. The van der Waals surface area contributed by atoms with Crippen molar-refractivity contribution in [3.05, 3.63) is 0 Å². The van der Waals surface area contributed by atoms with E-state index in [1.54, 1.807) is 41.5 Å². The maximum atomic E-state index is 13.8. The van der Waals surface area contributed by atoms with E-state index in [9.17, 15) is 38.4 Å². The van der Waals surface area contributed by atoms with Crippen LogP contribution < -0.4 is 21.3 Å².